The molecule has 0 aliphatic carbocycles. The number of anilines is 1. The highest BCUT2D eigenvalue weighted by Crippen LogP contribution is 2.18. The molecule has 0 fully saturated rings. The van der Waals surface area contributed by atoms with Gasteiger partial charge >= 0.3 is 0 Å². The standard InChI is InChI=1S/C11H7ClN6O/c12-8-7-9(15-5-14-7)17-11(16-8)18-10(19)6-2-1-3-13-4-6/h1-5H,(H2,14,15,16,17,18,19). The summed E-state index contributed by atoms with van der Waals surface area (Å²) in [6, 6.07) is 3.30. The predicted octanol–water partition coefficient (Wildman–Crippen LogP) is 1.65. The molecule has 7 nitrogen and oxygen atoms in total. The quantitative estimate of drug-likeness (QED) is 0.693. The minimum absolute atomic E-state index is 0.0958. The number of amides is 1. The number of aromatic nitrogens is 5. The molecule has 94 valence electrons. The highest BCUT2D eigenvalue weighted by molar-refractivity contribution is 6.33. The van der Waals surface area contributed by atoms with E-state index in [1.807, 2.05) is 0 Å². The predicted molar refractivity (Wildman–Crippen MR) is 68.9 cm³/mol. The maximum Gasteiger partial charge on any atom is 0.259 e. The first-order chi connectivity index (χ1) is 9.24. The molecule has 0 saturated heterocycles. The van der Waals surface area contributed by atoms with Gasteiger partial charge < -0.3 is 4.98 Å². The lowest BCUT2D eigenvalue weighted by Crippen LogP contribution is -2.14. The molecular weight excluding hydrogens is 268 g/mol. The maximum absolute atomic E-state index is 11.9. The zero-order valence-electron chi connectivity index (χ0n) is 9.46. The molecule has 1 amide bonds. The summed E-state index contributed by atoms with van der Waals surface area (Å²) in [5, 5.41) is 2.74. The van der Waals surface area contributed by atoms with Crippen molar-refractivity contribution in [3.63, 3.8) is 0 Å². The van der Waals surface area contributed by atoms with Crippen LogP contribution in [0.4, 0.5) is 5.95 Å². The van der Waals surface area contributed by atoms with Crippen molar-refractivity contribution in [1.29, 1.82) is 0 Å². The molecule has 0 saturated carbocycles. The topological polar surface area (TPSA) is 96.5 Å². The van der Waals surface area contributed by atoms with Gasteiger partial charge in [-0.2, -0.15) is 9.97 Å². The van der Waals surface area contributed by atoms with E-state index in [0.29, 0.717) is 16.7 Å². The Morgan fingerprint density at radius 3 is 3.05 bits per heavy atom. The van der Waals surface area contributed by atoms with E-state index in [4.69, 9.17) is 11.6 Å². The molecule has 3 aromatic rings. The van der Waals surface area contributed by atoms with E-state index in [1.165, 1.54) is 12.5 Å². The summed E-state index contributed by atoms with van der Waals surface area (Å²) in [5.74, 6) is -0.266. The van der Waals surface area contributed by atoms with E-state index < -0.39 is 0 Å². The Kier molecular flexibility index (Phi) is 2.81. The van der Waals surface area contributed by atoms with Crippen molar-refractivity contribution in [2.45, 2.75) is 0 Å². The number of carbonyl (C=O) groups is 1. The van der Waals surface area contributed by atoms with E-state index in [0.717, 1.165) is 0 Å². The molecule has 0 aliphatic heterocycles. The molecule has 0 bridgehead atoms. The molecule has 0 aromatic carbocycles. The number of halogens is 1. The Balaban J connectivity index is 1.91. The first-order valence-corrected chi connectivity index (χ1v) is 5.70. The largest absolute Gasteiger partial charge is 0.341 e. The number of fused-ring (bicyclic) bond motifs is 1. The SMILES string of the molecule is O=C(Nc1nc(Cl)c2[nH]cnc2n1)c1cccnc1. The monoisotopic (exact) mass is 274 g/mol. The van der Waals surface area contributed by atoms with Gasteiger partial charge in [-0.05, 0) is 12.1 Å². The van der Waals surface area contributed by atoms with Crippen LogP contribution >= 0.6 is 11.6 Å². The van der Waals surface area contributed by atoms with Crippen LogP contribution < -0.4 is 5.32 Å². The van der Waals surface area contributed by atoms with Crippen LogP contribution in [0.1, 0.15) is 10.4 Å². The van der Waals surface area contributed by atoms with Crippen molar-refractivity contribution >= 4 is 34.6 Å². The number of imidazole rings is 1. The zero-order chi connectivity index (χ0) is 13.2. The van der Waals surface area contributed by atoms with Gasteiger partial charge in [0, 0.05) is 12.4 Å². The van der Waals surface area contributed by atoms with E-state index >= 15 is 0 Å². The van der Waals surface area contributed by atoms with Gasteiger partial charge in [-0.15, -0.1) is 0 Å². The molecule has 0 aliphatic rings. The summed E-state index contributed by atoms with van der Waals surface area (Å²) in [6.45, 7) is 0. The molecule has 0 radical (unpaired) electrons. The van der Waals surface area contributed by atoms with Crippen molar-refractivity contribution < 1.29 is 4.79 Å². The van der Waals surface area contributed by atoms with Crippen LogP contribution in [-0.4, -0.2) is 30.8 Å². The third kappa shape index (κ3) is 2.23. The Labute approximate surface area is 112 Å². The van der Waals surface area contributed by atoms with Crippen molar-refractivity contribution in [2.24, 2.45) is 0 Å². The van der Waals surface area contributed by atoms with Crippen LogP contribution in [0, 0.1) is 0 Å². The summed E-state index contributed by atoms with van der Waals surface area (Å²) in [5.41, 5.74) is 1.33. The second-order valence-electron chi connectivity index (χ2n) is 3.63. The molecule has 8 heteroatoms. The number of rotatable bonds is 2. The maximum atomic E-state index is 11.9. The third-order valence-corrected chi connectivity index (χ3v) is 2.66. The molecule has 3 heterocycles. The van der Waals surface area contributed by atoms with Gasteiger partial charge in [-0.3, -0.25) is 15.1 Å². The molecular formula is C11H7ClN6O. The van der Waals surface area contributed by atoms with Crippen molar-refractivity contribution in [3.05, 3.63) is 41.6 Å². The summed E-state index contributed by atoms with van der Waals surface area (Å²) >= 11 is 5.95. The molecule has 3 rings (SSSR count). The van der Waals surface area contributed by atoms with Crippen molar-refractivity contribution in [3.8, 4) is 0 Å². The van der Waals surface area contributed by atoms with E-state index in [9.17, 15) is 4.79 Å². The summed E-state index contributed by atoms with van der Waals surface area (Å²) in [4.78, 5) is 30.6. The average Bonchev–Trinajstić information content (AvgIpc) is 2.88. The fraction of sp³-hybridized carbons (Fsp3) is 0. The Morgan fingerprint density at radius 2 is 2.26 bits per heavy atom. The van der Waals surface area contributed by atoms with E-state index in [1.54, 1.807) is 18.3 Å². The lowest BCUT2D eigenvalue weighted by molar-refractivity contribution is 0.102. The lowest BCUT2D eigenvalue weighted by Gasteiger charge is -2.03. The Morgan fingerprint density at radius 1 is 1.37 bits per heavy atom. The number of H-pyrrole nitrogens is 1. The number of nitrogens with one attached hydrogen (secondary N) is 2. The summed E-state index contributed by atoms with van der Waals surface area (Å²) in [7, 11) is 0. The molecule has 0 spiro atoms. The smallest absolute Gasteiger partial charge is 0.259 e. The summed E-state index contributed by atoms with van der Waals surface area (Å²) in [6.07, 6.45) is 4.49. The minimum Gasteiger partial charge on any atom is -0.341 e. The number of hydrogen-bond donors (Lipinski definition) is 2. The first-order valence-electron chi connectivity index (χ1n) is 5.32. The zero-order valence-corrected chi connectivity index (χ0v) is 10.2. The fourth-order valence-electron chi connectivity index (χ4n) is 1.52. The number of pyridine rings is 1. The highest BCUT2D eigenvalue weighted by Gasteiger charge is 2.11. The minimum atomic E-state index is -0.362. The molecule has 0 atom stereocenters. The molecule has 19 heavy (non-hydrogen) atoms. The lowest BCUT2D eigenvalue weighted by atomic mass is 10.3. The van der Waals surface area contributed by atoms with Gasteiger partial charge in [0.1, 0.15) is 5.52 Å². The van der Waals surface area contributed by atoms with Crippen molar-refractivity contribution in [1.82, 2.24) is 24.9 Å². The van der Waals surface area contributed by atoms with Gasteiger partial charge in [0.05, 0.1) is 11.9 Å². The first kappa shape index (κ1) is 11.5. The van der Waals surface area contributed by atoms with E-state index in [2.05, 4.69) is 30.2 Å². The molecule has 0 unspecified atom stereocenters. The van der Waals surface area contributed by atoms with Crippen LogP contribution in [0.15, 0.2) is 30.9 Å². The molecule has 2 N–H and O–H groups in total. The van der Waals surface area contributed by atoms with Gasteiger partial charge in [0.2, 0.25) is 5.95 Å². The normalized spacial score (nSPS) is 10.6. The van der Waals surface area contributed by atoms with Crippen LogP contribution in [0.3, 0.4) is 0 Å². The highest BCUT2D eigenvalue weighted by atomic mass is 35.5. The number of nitrogens with zero attached hydrogens (tertiary/aromatic N) is 4. The third-order valence-electron chi connectivity index (χ3n) is 2.39. The second kappa shape index (κ2) is 4.62. The van der Waals surface area contributed by atoms with Crippen LogP contribution in [0.25, 0.3) is 11.2 Å². The van der Waals surface area contributed by atoms with Crippen molar-refractivity contribution in [2.75, 3.05) is 5.32 Å². The molecule has 3 aromatic heterocycles. The number of aromatic amines is 1. The van der Waals surface area contributed by atoms with Gasteiger partial charge in [-0.1, -0.05) is 11.6 Å². The van der Waals surface area contributed by atoms with Crippen LogP contribution in [0.5, 0.6) is 0 Å². The van der Waals surface area contributed by atoms with Gasteiger partial charge in [-0.25, -0.2) is 4.98 Å². The van der Waals surface area contributed by atoms with Crippen LogP contribution in [0.2, 0.25) is 5.15 Å². The van der Waals surface area contributed by atoms with Gasteiger partial charge in [0.25, 0.3) is 5.91 Å². The second-order valence-corrected chi connectivity index (χ2v) is 3.99. The Hall–Kier alpha value is -2.54. The number of carbonyl (C=O) groups excluding carboxylic acids is 1. The Bertz CT molecular complexity index is 741. The van der Waals surface area contributed by atoms with Gasteiger partial charge in [0.15, 0.2) is 10.8 Å². The van der Waals surface area contributed by atoms with Crippen LogP contribution in [-0.2, 0) is 0 Å². The van der Waals surface area contributed by atoms with E-state index in [-0.39, 0.29) is 17.0 Å². The number of hydrogen-bond acceptors (Lipinski definition) is 5. The average molecular weight is 275 g/mol. The fourth-order valence-corrected chi connectivity index (χ4v) is 1.74. The summed E-state index contributed by atoms with van der Waals surface area (Å²) < 4.78 is 0.